The zero-order valence-corrected chi connectivity index (χ0v) is 33.1. The van der Waals surface area contributed by atoms with Crippen molar-refractivity contribution in [3.8, 4) is 11.5 Å². The Bertz CT molecular complexity index is 2400. The van der Waals surface area contributed by atoms with E-state index in [0.717, 1.165) is 28.9 Å². The van der Waals surface area contributed by atoms with Gasteiger partial charge in [-0.2, -0.15) is 42.4 Å². The maximum Gasteiger partial charge on any atom is 0.435 e. The second-order valence-electron chi connectivity index (χ2n) is 12.2. The highest BCUT2D eigenvalue weighted by atomic mass is 19.4. The van der Waals surface area contributed by atoms with Crippen LogP contribution in [0.25, 0.3) is 0 Å². The molecule has 14 nitrogen and oxygen atoms in total. The van der Waals surface area contributed by atoms with Crippen LogP contribution in [-0.2, 0) is 26.4 Å². The number of aryl methyl sites for hydroxylation is 2. The summed E-state index contributed by atoms with van der Waals surface area (Å²) in [6, 6.07) is 30.8. The molecular formula is C41H40F6N8O6. The molecule has 20 heteroatoms. The van der Waals surface area contributed by atoms with Crippen molar-refractivity contribution in [2.45, 2.75) is 26.2 Å². The lowest BCUT2D eigenvalue weighted by atomic mass is 10.1. The minimum atomic E-state index is -4.74. The van der Waals surface area contributed by atoms with Gasteiger partial charge in [0.1, 0.15) is 5.75 Å². The molecule has 0 saturated carbocycles. The van der Waals surface area contributed by atoms with Crippen LogP contribution < -0.4 is 26.2 Å². The number of nitrogens with zero attached hydrogens (tertiary/aromatic N) is 5. The second kappa shape index (κ2) is 22.2. The molecule has 2 aromatic heterocycles. The number of benzene rings is 4. The summed E-state index contributed by atoms with van der Waals surface area (Å²) < 4.78 is 79.9. The van der Waals surface area contributed by atoms with Gasteiger partial charge in [0.25, 0.3) is 11.8 Å². The van der Waals surface area contributed by atoms with Crippen LogP contribution in [-0.4, -0.2) is 55.1 Å². The third-order valence-corrected chi connectivity index (χ3v) is 7.71. The van der Waals surface area contributed by atoms with Crippen molar-refractivity contribution < 1.29 is 55.5 Å². The fourth-order valence-corrected chi connectivity index (χ4v) is 5.06. The van der Waals surface area contributed by atoms with E-state index in [9.17, 15) is 40.7 Å². The molecule has 0 fully saturated rings. The minimum absolute atomic E-state index is 0.150. The first-order chi connectivity index (χ1) is 28.9. The maximum atomic E-state index is 13.1. The van der Waals surface area contributed by atoms with Crippen molar-refractivity contribution in [3.63, 3.8) is 0 Å². The van der Waals surface area contributed by atoms with Gasteiger partial charge in [-0.15, -0.1) is 0 Å². The van der Waals surface area contributed by atoms with Crippen LogP contribution in [0.2, 0.25) is 0 Å². The number of carbonyl (C=O) groups excluding carboxylic acids is 3. The van der Waals surface area contributed by atoms with E-state index in [1.807, 2.05) is 24.3 Å². The fourth-order valence-electron chi connectivity index (χ4n) is 5.06. The Morgan fingerprint density at radius 1 is 0.607 bits per heavy atom. The normalized spacial score (nSPS) is 11.0. The number of aromatic nitrogens is 4. The van der Waals surface area contributed by atoms with Crippen molar-refractivity contribution in [3.05, 3.63) is 155 Å². The topological polar surface area (TPSA) is 188 Å². The molecule has 322 valence electrons. The molecular weight excluding hydrogens is 814 g/mol. The van der Waals surface area contributed by atoms with E-state index in [1.54, 1.807) is 79.7 Å². The number of anilines is 2. The van der Waals surface area contributed by atoms with E-state index in [4.69, 9.17) is 15.8 Å². The van der Waals surface area contributed by atoms with E-state index in [-0.39, 0.29) is 17.0 Å². The number of rotatable bonds is 9. The molecule has 0 spiro atoms. The zero-order valence-electron chi connectivity index (χ0n) is 33.1. The molecule has 0 atom stereocenters. The van der Waals surface area contributed by atoms with Gasteiger partial charge in [-0.05, 0) is 56.3 Å². The van der Waals surface area contributed by atoms with Gasteiger partial charge < -0.3 is 25.4 Å². The van der Waals surface area contributed by atoms with Crippen LogP contribution in [0.4, 0.5) is 37.7 Å². The van der Waals surface area contributed by atoms with Crippen molar-refractivity contribution in [1.82, 2.24) is 19.6 Å². The minimum Gasteiger partial charge on any atom is -0.412 e. The molecule has 0 radical (unpaired) electrons. The maximum absolute atomic E-state index is 13.1. The van der Waals surface area contributed by atoms with Gasteiger partial charge in [-0.25, -0.2) is 0 Å². The van der Waals surface area contributed by atoms with E-state index in [2.05, 4.69) is 30.8 Å². The molecule has 0 aliphatic heterocycles. The number of halogens is 6. The van der Waals surface area contributed by atoms with E-state index >= 15 is 0 Å². The zero-order chi connectivity index (χ0) is 45.3. The smallest absolute Gasteiger partial charge is 0.412 e. The van der Waals surface area contributed by atoms with Gasteiger partial charge in [0.2, 0.25) is 0 Å². The third-order valence-electron chi connectivity index (χ3n) is 7.71. The van der Waals surface area contributed by atoms with Crippen molar-refractivity contribution in [2.24, 2.45) is 25.1 Å². The first kappa shape index (κ1) is 48.1. The number of aliphatic hydroxyl groups is 1. The summed E-state index contributed by atoms with van der Waals surface area (Å²) >= 11 is 0. The van der Waals surface area contributed by atoms with Crippen LogP contribution in [0.1, 0.15) is 61.9 Å². The fraction of sp³-hybridized carbons (Fsp3) is 0.171. The molecule has 5 N–H and O–H groups in total. The highest BCUT2D eigenvalue weighted by Crippen LogP contribution is 2.32. The molecule has 6 rings (SSSR count). The van der Waals surface area contributed by atoms with Crippen molar-refractivity contribution >= 4 is 34.7 Å². The molecule has 0 saturated heterocycles. The molecule has 0 bridgehead atoms. The number of hydrogen-bond acceptors (Lipinski definition) is 10. The molecule has 0 unspecified atom stereocenters. The summed E-state index contributed by atoms with van der Waals surface area (Å²) in [5, 5.41) is 22.5. The first-order valence-corrected chi connectivity index (χ1v) is 17.6. The summed E-state index contributed by atoms with van der Waals surface area (Å²) in [5.41, 5.74) is -2.07. The molecule has 6 aromatic rings. The summed E-state index contributed by atoms with van der Waals surface area (Å²) in [4.78, 5) is 45.8. The summed E-state index contributed by atoms with van der Waals surface area (Å²) in [5.74, 6) is 3.86. The van der Waals surface area contributed by atoms with Crippen molar-refractivity contribution in [2.75, 3.05) is 17.7 Å². The third kappa shape index (κ3) is 14.2. The van der Waals surface area contributed by atoms with Crippen LogP contribution in [0, 0.1) is 0 Å². The van der Waals surface area contributed by atoms with E-state index < -0.39 is 46.7 Å². The Hall–Kier alpha value is -7.32. The summed E-state index contributed by atoms with van der Waals surface area (Å²) in [6.45, 7) is 2.97. The Morgan fingerprint density at radius 2 is 0.984 bits per heavy atom. The summed E-state index contributed by atoms with van der Waals surface area (Å²) in [6.07, 6.45) is -7.48. The predicted molar refractivity (Wildman–Crippen MR) is 214 cm³/mol. The molecule has 2 heterocycles. The lowest BCUT2D eigenvalue weighted by Gasteiger charge is -2.11. The molecule has 2 amide bonds. The number of oxime groups is 1. The van der Waals surface area contributed by atoms with Gasteiger partial charge >= 0.3 is 12.4 Å². The molecule has 4 aromatic carbocycles. The number of carbonyl (C=O) groups is 3. The molecule has 0 aliphatic rings. The Labute approximate surface area is 345 Å². The van der Waals surface area contributed by atoms with Gasteiger partial charge in [-0.3, -0.25) is 23.7 Å². The lowest BCUT2D eigenvalue weighted by molar-refractivity contribution is -0.142. The highest BCUT2D eigenvalue weighted by molar-refractivity contribution is 6.11. The lowest BCUT2D eigenvalue weighted by Crippen LogP contribution is -2.19. The van der Waals surface area contributed by atoms with Crippen molar-refractivity contribution in [1.29, 1.82) is 0 Å². The number of hydrogen-bond donors (Lipinski definition) is 4. The average Bonchev–Trinajstić information content (AvgIpc) is 3.86. The molecule has 0 aliphatic carbocycles. The first-order valence-electron chi connectivity index (χ1n) is 17.6. The van der Waals surface area contributed by atoms with Gasteiger partial charge in [0, 0.05) is 44.7 Å². The number of para-hydroxylation sites is 4. The Morgan fingerprint density at radius 3 is 1.38 bits per heavy atom. The van der Waals surface area contributed by atoms with E-state index in [0.29, 0.717) is 28.5 Å². The number of nitrogens with two attached hydrogens (primary N) is 1. The van der Waals surface area contributed by atoms with E-state index in [1.165, 1.54) is 33.2 Å². The number of alkyl halides is 6. The largest absolute Gasteiger partial charge is 0.435 e. The van der Waals surface area contributed by atoms with Gasteiger partial charge in [-0.1, -0.05) is 71.9 Å². The predicted octanol–water partition coefficient (Wildman–Crippen LogP) is 7.94. The second-order valence-corrected chi connectivity index (χ2v) is 12.2. The van der Waals surface area contributed by atoms with Gasteiger partial charge in [0.05, 0.1) is 28.2 Å². The summed E-state index contributed by atoms with van der Waals surface area (Å²) in [7, 11) is 3.60. The highest BCUT2D eigenvalue weighted by Gasteiger charge is 2.40. The number of amides is 2. The Balaban J connectivity index is 0.000000272. The SMILES string of the molecule is CC(=NOc1ccccc1)c1ccccc1NC(=O)c1cn(C)nc1C(F)(F)F.CC(=O)c1ccccc1NC(=O)c1cn(C)nc1C(F)(F)F.CO.NOc1ccccc1. The monoisotopic (exact) mass is 854 g/mol. The van der Waals surface area contributed by atoms with Crippen LogP contribution in [0.3, 0.4) is 0 Å². The Kier molecular flexibility index (Phi) is 17.5. The quantitative estimate of drug-likeness (QED) is 0.0485. The van der Waals surface area contributed by atoms with Crippen LogP contribution in [0.15, 0.2) is 127 Å². The number of aliphatic hydroxyl groups excluding tert-OH is 1. The average molecular weight is 855 g/mol. The van der Waals surface area contributed by atoms with Crippen LogP contribution >= 0.6 is 0 Å². The van der Waals surface area contributed by atoms with Gasteiger partial charge in [0.15, 0.2) is 22.9 Å². The van der Waals surface area contributed by atoms with Crippen LogP contribution in [0.5, 0.6) is 11.5 Å². The number of ketones is 1. The molecule has 61 heavy (non-hydrogen) atoms. The number of Topliss-reactive ketones (excluding diaryl/α,β-unsaturated/α-hetero) is 1. The number of nitrogens with one attached hydrogen (secondary N) is 2. The standard InChI is InChI=1S/C20H17F3N4O2.C14H12F3N3O2.C6H7NO.CH4O/c1-13(26-29-14-8-4-3-5-9-14)15-10-6-7-11-17(15)24-19(28)16-12-27(2)25-18(16)20(21,22)23;1-8(21)9-5-3-4-6-11(9)18-13(22)10-7-20(2)19-12(10)14(15,16)17;7-8-6-4-2-1-3-5-6;1-2/h3-12H,1-2H3,(H,24,28);3-7H,1-2H3,(H,18,22);1-5H,7H2;2H,1H3.